The van der Waals surface area contributed by atoms with E-state index in [2.05, 4.69) is 30.7 Å². The molecule has 0 spiro atoms. The molecule has 0 aromatic carbocycles. The molecule has 26 heavy (non-hydrogen) atoms. The second-order valence-electron chi connectivity index (χ2n) is 5.82. The lowest BCUT2D eigenvalue weighted by molar-refractivity contribution is -0.0511. The smallest absolute Gasteiger partial charge is 0.241 e. The standard InChI is InChI=1S/C14H18N8O4/c15-21-14-19-11(18-6-1-2-16-3-6)8-12(20-14)22(5-17-8)13-10(25)9(24)7(4-23)26-13/h1-3,5,7,9-10,13,16,23-25H,4,15H2,(H2,18,19,20,21)/t7-,9-,10-,13-/m1/s1. The van der Waals surface area contributed by atoms with E-state index in [9.17, 15) is 15.3 Å². The number of H-pyrrole nitrogens is 1. The van der Waals surface area contributed by atoms with E-state index in [1.807, 2.05) is 6.07 Å². The molecular formula is C14H18N8O4. The third kappa shape index (κ3) is 2.65. The Labute approximate surface area is 146 Å². The van der Waals surface area contributed by atoms with Crippen molar-refractivity contribution in [3.8, 4) is 0 Å². The summed E-state index contributed by atoms with van der Waals surface area (Å²) in [7, 11) is 0. The van der Waals surface area contributed by atoms with Crippen molar-refractivity contribution in [2.45, 2.75) is 24.5 Å². The van der Waals surface area contributed by atoms with Crippen molar-refractivity contribution in [2.75, 3.05) is 17.3 Å². The van der Waals surface area contributed by atoms with E-state index in [4.69, 9.17) is 10.6 Å². The number of aliphatic hydroxyl groups excluding tert-OH is 3. The quantitative estimate of drug-likeness (QED) is 0.215. The number of nitrogens with one attached hydrogen (secondary N) is 3. The topological polar surface area (TPSA) is 179 Å². The lowest BCUT2D eigenvalue weighted by Gasteiger charge is -2.17. The fourth-order valence-corrected chi connectivity index (χ4v) is 2.90. The molecule has 0 aliphatic carbocycles. The second-order valence-corrected chi connectivity index (χ2v) is 5.82. The molecule has 12 nitrogen and oxygen atoms in total. The number of aromatic nitrogens is 5. The van der Waals surface area contributed by atoms with Gasteiger partial charge in [-0.1, -0.05) is 0 Å². The largest absolute Gasteiger partial charge is 0.394 e. The van der Waals surface area contributed by atoms with Crippen LogP contribution in [0.25, 0.3) is 11.2 Å². The number of ether oxygens (including phenoxy) is 1. The molecule has 4 atom stereocenters. The van der Waals surface area contributed by atoms with Gasteiger partial charge in [-0.25, -0.2) is 10.8 Å². The minimum Gasteiger partial charge on any atom is -0.394 e. The van der Waals surface area contributed by atoms with Crippen molar-refractivity contribution in [1.82, 2.24) is 24.5 Å². The maximum atomic E-state index is 10.3. The molecule has 1 aliphatic rings. The molecule has 1 aliphatic heterocycles. The second kappa shape index (κ2) is 6.51. The van der Waals surface area contributed by atoms with Gasteiger partial charge in [-0.3, -0.25) is 9.99 Å². The third-order valence-corrected chi connectivity index (χ3v) is 4.20. The SMILES string of the molecule is NNc1nc(Nc2cc[nH]c2)c2ncn([C@@H]3O[C@H](CO)[C@@H](O)[C@H]3O)c2n1. The minimum absolute atomic E-state index is 0.129. The average molecular weight is 362 g/mol. The van der Waals surface area contributed by atoms with Crippen molar-refractivity contribution in [1.29, 1.82) is 0 Å². The van der Waals surface area contributed by atoms with E-state index in [0.29, 0.717) is 17.0 Å². The van der Waals surface area contributed by atoms with Crippen LogP contribution >= 0.6 is 0 Å². The normalized spacial score (nSPS) is 25.7. The maximum absolute atomic E-state index is 10.3. The number of hydrazine groups is 1. The Hall–Kier alpha value is -2.77. The van der Waals surface area contributed by atoms with Gasteiger partial charge in [0, 0.05) is 12.4 Å². The highest BCUT2D eigenvalue weighted by Gasteiger charge is 2.44. The van der Waals surface area contributed by atoms with E-state index in [1.54, 1.807) is 12.4 Å². The van der Waals surface area contributed by atoms with Crippen LogP contribution in [0.2, 0.25) is 0 Å². The summed E-state index contributed by atoms with van der Waals surface area (Å²) in [6.07, 6.45) is 0.561. The predicted octanol–water partition coefficient (Wildman–Crippen LogP) is -1.20. The van der Waals surface area contributed by atoms with Gasteiger partial charge in [0.1, 0.15) is 18.3 Å². The Balaban J connectivity index is 1.78. The number of aliphatic hydroxyl groups is 3. The molecule has 12 heteroatoms. The Morgan fingerprint density at radius 3 is 2.81 bits per heavy atom. The highest BCUT2D eigenvalue weighted by Crippen LogP contribution is 2.33. The van der Waals surface area contributed by atoms with Gasteiger partial charge in [-0.05, 0) is 6.07 Å². The zero-order valence-electron chi connectivity index (χ0n) is 13.4. The van der Waals surface area contributed by atoms with E-state index in [1.165, 1.54) is 10.9 Å². The van der Waals surface area contributed by atoms with Crippen LogP contribution in [-0.4, -0.2) is 64.7 Å². The predicted molar refractivity (Wildman–Crippen MR) is 90.2 cm³/mol. The number of hydrogen-bond acceptors (Lipinski definition) is 10. The number of nitrogen functional groups attached to an aromatic ring is 1. The van der Waals surface area contributed by atoms with E-state index < -0.39 is 31.1 Å². The number of imidazole rings is 1. The van der Waals surface area contributed by atoms with Gasteiger partial charge in [0.05, 0.1) is 18.6 Å². The van der Waals surface area contributed by atoms with Crippen LogP contribution in [0.3, 0.4) is 0 Å². The van der Waals surface area contributed by atoms with Crippen molar-refractivity contribution in [3.63, 3.8) is 0 Å². The van der Waals surface area contributed by atoms with Crippen molar-refractivity contribution >= 4 is 28.6 Å². The lowest BCUT2D eigenvalue weighted by atomic mass is 10.1. The summed E-state index contributed by atoms with van der Waals surface area (Å²) in [6, 6.07) is 1.81. The third-order valence-electron chi connectivity index (χ3n) is 4.20. The zero-order chi connectivity index (χ0) is 18.3. The summed E-state index contributed by atoms with van der Waals surface area (Å²) < 4.78 is 7.00. The highest BCUT2D eigenvalue weighted by molar-refractivity contribution is 5.86. The molecule has 0 unspecified atom stereocenters. The summed E-state index contributed by atoms with van der Waals surface area (Å²) in [4.78, 5) is 15.7. The number of nitrogens with two attached hydrogens (primary N) is 1. The van der Waals surface area contributed by atoms with Gasteiger partial charge in [0.2, 0.25) is 5.95 Å². The first kappa shape index (κ1) is 16.7. The summed E-state index contributed by atoms with van der Waals surface area (Å²) in [5.41, 5.74) is 3.90. The molecule has 4 heterocycles. The van der Waals surface area contributed by atoms with Crippen LogP contribution < -0.4 is 16.6 Å². The number of rotatable bonds is 5. The molecule has 1 fully saturated rings. The number of hydrogen-bond donors (Lipinski definition) is 7. The van der Waals surface area contributed by atoms with Crippen LogP contribution in [0.5, 0.6) is 0 Å². The van der Waals surface area contributed by atoms with E-state index >= 15 is 0 Å². The Bertz CT molecular complexity index is 898. The Morgan fingerprint density at radius 1 is 1.31 bits per heavy atom. The van der Waals surface area contributed by atoms with Crippen molar-refractivity contribution in [3.05, 3.63) is 24.8 Å². The van der Waals surface area contributed by atoms with Crippen LogP contribution in [0, 0.1) is 0 Å². The summed E-state index contributed by atoms with van der Waals surface area (Å²) in [6.45, 7) is -0.424. The molecule has 0 bridgehead atoms. The number of aromatic amines is 1. The summed E-state index contributed by atoms with van der Waals surface area (Å²) >= 11 is 0. The number of nitrogens with zero attached hydrogens (tertiary/aromatic N) is 4. The van der Waals surface area contributed by atoms with E-state index in [-0.39, 0.29) is 5.95 Å². The lowest BCUT2D eigenvalue weighted by Crippen LogP contribution is -2.33. The molecular weight excluding hydrogens is 344 g/mol. The molecule has 0 saturated carbocycles. The monoisotopic (exact) mass is 362 g/mol. The summed E-state index contributed by atoms with van der Waals surface area (Å²) in [5, 5.41) is 32.6. The van der Waals surface area contributed by atoms with Crippen LogP contribution in [0.1, 0.15) is 6.23 Å². The summed E-state index contributed by atoms with van der Waals surface area (Å²) in [5.74, 6) is 5.98. The molecule has 8 N–H and O–H groups in total. The van der Waals surface area contributed by atoms with Gasteiger partial charge in [0.25, 0.3) is 0 Å². The van der Waals surface area contributed by atoms with Gasteiger partial charge in [0.15, 0.2) is 23.2 Å². The van der Waals surface area contributed by atoms with Gasteiger partial charge in [-0.15, -0.1) is 0 Å². The van der Waals surface area contributed by atoms with Crippen LogP contribution in [0.15, 0.2) is 24.8 Å². The maximum Gasteiger partial charge on any atom is 0.241 e. The fraction of sp³-hybridized carbons (Fsp3) is 0.357. The fourth-order valence-electron chi connectivity index (χ4n) is 2.90. The van der Waals surface area contributed by atoms with Crippen molar-refractivity contribution < 1.29 is 20.1 Å². The average Bonchev–Trinajstić information content (AvgIpc) is 3.36. The molecule has 4 rings (SSSR count). The first-order chi connectivity index (χ1) is 12.6. The first-order valence-electron chi connectivity index (χ1n) is 7.86. The number of anilines is 3. The first-order valence-corrected chi connectivity index (χ1v) is 7.86. The molecule has 138 valence electrons. The van der Waals surface area contributed by atoms with Crippen molar-refractivity contribution in [2.24, 2.45) is 5.84 Å². The van der Waals surface area contributed by atoms with E-state index in [0.717, 1.165) is 5.69 Å². The molecule has 0 radical (unpaired) electrons. The molecule has 3 aromatic rings. The molecule has 3 aromatic heterocycles. The molecule has 0 amide bonds. The molecule has 1 saturated heterocycles. The van der Waals surface area contributed by atoms with Crippen LogP contribution in [0.4, 0.5) is 17.5 Å². The van der Waals surface area contributed by atoms with Crippen LogP contribution in [-0.2, 0) is 4.74 Å². The number of fused-ring (bicyclic) bond motifs is 1. The highest BCUT2D eigenvalue weighted by atomic mass is 16.6. The Morgan fingerprint density at radius 2 is 2.15 bits per heavy atom. The zero-order valence-corrected chi connectivity index (χ0v) is 13.4. The van der Waals surface area contributed by atoms with Gasteiger partial charge in [-0.2, -0.15) is 9.97 Å². The Kier molecular flexibility index (Phi) is 4.18. The van der Waals surface area contributed by atoms with Gasteiger partial charge >= 0.3 is 0 Å². The minimum atomic E-state index is -1.25. The van der Waals surface area contributed by atoms with Gasteiger partial charge < -0.3 is 30.4 Å².